The molecule has 0 aliphatic heterocycles. The van der Waals surface area contributed by atoms with Crippen LogP contribution in [0.3, 0.4) is 0 Å². The van der Waals surface area contributed by atoms with E-state index < -0.39 is 0 Å². The Balaban J connectivity index is 1.74. The Kier molecular flexibility index (Phi) is 4.66. The highest BCUT2D eigenvalue weighted by Crippen LogP contribution is 2.31. The van der Waals surface area contributed by atoms with Crippen LogP contribution in [-0.4, -0.2) is 30.1 Å². The van der Waals surface area contributed by atoms with Crippen molar-refractivity contribution < 1.29 is 0 Å². The van der Waals surface area contributed by atoms with Gasteiger partial charge in [-0.3, -0.25) is 4.90 Å². The van der Waals surface area contributed by atoms with Crippen LogP contribution in [0.1, 0.15) is 58.3 Å². The minimum Gasteiger partial charge on any atom is -0.326 e. The Hall–Kier alpha value is -0.0800. The molecule has 16 heavy (non-hydrogen) atoms. The summed E-state index contributed by atoms with van der Waals surface area (Å²) >= 11 is 0. The zero-order valence-corrected chi connectivity index (χ0v) is 10.8. The smallest absolute Gasteiger partial charge is 0.0196 e. The predicted octanol–water partition coefficient (Wildman–Crippen LogP) is 2.77. The standard InChI is InChI=1S/C14H28N2/c1-2-3-10-16(13-8-9-13)11-14(15)12-6-4-5-7-12/h12-14H,2-11,15H2,1H3. The molecule has 2 fully saturated rings. The Morgan fingerprint density at radius 3 is 2.44 bits per heavy atom. The number of nitrogens with two attached hydrogens (primary N) is 1. The third-order valence-corrected chi connectivity index (χ3v) is 4.31. The number of rotatable bonds is 7. The van der Waals surface area contributed by atoms with E-state index in [2.05, 4.69) is 11.8 Å². The molecular weight excluding hydrogens is 196 g/mol. The van der Waals surface area contributed by atoms with Gasteiger partial charge in [-0.05, 0) is 44.6 Å². The van der Waals surface area contributed by atoms with Crippen LogP contribution < -0.4 is 5.73 Å². The maximum absolute atomic E-state index is 6.38. The first kappa shape index (κ1) is 12.4. The lowest BCUT2D eigenvalue weighted by molar-refractivity contribution is 0.218. The highest BCUT2D eigenvalue weighted by Gasteiger charge is 2.31. The topological polar surface area (TPSA) is 29.3 Å². The number of hydrogen-bond acceptors (Lipinski definition) is 2. The molecule has 2 rings (SSSR count). The number of nitrogens with zero attached hydrogens (tertiary/aromatic N) is 1. The molecule has 94 valence electrons. The minimum atomic E-state index is 0.444. The Morgan fingerprint density at radius 2 is 1.88 bits per heavy atom. The number of unbranched alkanes of at least 4 members (excludes halogenated alkanes) is 1. The average Bonchev–Trinajstić information content (AvgIpc) is 2.98. The van der Waals surface area contributed by atoms with Gasteiger partial charge in [0, 0.05) is 18.6 Å². The molecule has 0 aromatic rings. The van der Waals surface area contributed by atoms with Gasteiger partial charge in [0.25, 0.3) is 0 Å². The van der Waals surface area contributed by atoms with Gasteiger partial charge in [-0.1, -0.05) is 26.2 Å². The van der Waals surface area contributed by atoms with Crippen LogP contribution in [0.5, 0.6) is 0 Å². The van der Waals surface area contributed by atoms with Crippen molar-refractivity contribution in [2.45, 2.75) is 70.4 Å². The molecule has 2 nitrogen and oxygen atoms in total. The average molecular weight is 224 g/mol. The molecule has 1 unspecified atom stereocenters. The summed E-state index contributed by atoms with van der Waals surface area (Å²) < 4.78 is 0. The van der Waals surface area contributed by atoms with E-state index in [1.165, 1.54) is 57.9 Å². The fraction of sp³-hybridized carbons (Fsp3) is 1.00. The fourth-order valence-corrected chi connectivity index (χ4v) is 3.03. The maximum atomic E-state index is 6.38. The molecule has 0 aromatic heterocycles. The maximum Gasteiger partial charge on any atom is 0.0196 e. The molecule has 0 spiro atoms. The van der Waals surface area contributed by atoms with Crippen molar-refractivity contribution in [1.82, 2.24) is 4.90 Å². The molecule has 2 N–H and O–H groups in total. The van der Waals surface area contributed by atoms with Crippen molar-refractivity contribution >= 4 is 0 Å². The van der Waals surface area contributed by atoms with E-state index in [1.807, 2.05) is 0 Å². The lowest BCUT2D eigenvalue weighted by Gasteiger charge is -2.28. The third-order valence-electron chi connectivity index (χ3n) is 4.31. The van der Waals surface area contributed by atoms with E-state index in [4.69, 9.17) is 5.73 Å². The summed E-state index contributed by atoms with van der Waals surface area (Å²) in [5.41, 5.74) is 6.38. The Labute approximate surface area is 101 Å². The van der Waals surface area contributed by atoms with Crippen molar-refractivity contribution in [3.63, 3.8) is 0 Å². The SMILES string of the molecule is CCCCN(CC(N)C1CCCC1)C1CC1. The first-order valence-corrected chi connectivity index (χ1v) is 7.31. The first-order valence-electron chi connectivity index (χ1n) is 7.31. The number of hydrogen-bond donors (Lipinski definition) is 1. The molecule has 1 atom stereocenters. The first-order chi connectivity index (χ1) is 7.81. The van der Waals surface area contributed by atoms with Gasteiger partial charge in [-0.15, -0.1) is 0 Å². The summed E-state index contributed by atoms with van der Waals surface area (Å²) in [6.45, 7) is 4.72. The predicted molar refractivity (Wildman–Crippen MR) is 69.4 cm³/mol. The van der Waals surface area contributed by atoms with Crippen molar-refractivity contribution in [2.75, 3.05) is 13.1 Å². The molecule has 2 saturated carbocycles. The van der Waals surface area contributed by atoms with Gasteiger partial charge < -0.3 is 5.73 Å². The van der Waals surface area contributed by atoms with Crippen LogP contribution in [0, 0.1) is 5.92 Å². The summed E-state index contributed by atoms with van der Waals surface area (Å²) in [5.74, 6) is 0.822. The van der Waals surface area contributed by atoms with E-state index in [-0.39, 0.29) is 0 Å². The fourth-order valence-electron chi connectivity index (χ4n) is 3.03. The van der Waals surface area contributed by atoms with Gasteiger partial charge in [0.1, 0.15) is 0 Å². The summed E-state index contributed by atoms with van der Waals surface area (Å²) in [6, 6.07) is 1.33. The molecule has 2 heteroatoms. The molecule has 0 saturated heterocycles. The molecule has 0 aromatic carbocycles. The monoisotopic (exact) mass is 224 g/mol. The summed E-state index contributed by atoms with van der Waals surface area (Å²) in [6.07, 6.45) is 11.1. The highest BCUT2D eigenvalue weighted by atomic mass is 15.2. The summed E-state index contributed by atoms with van der Waals surface area (Å²) in [5, 5.41) is 0. The molecule has 0 radical (unpaired) electrons. The van der Waals surface area contributed by atoms with Crippen LogP contribution in [0.15, 0.2) is 0 Å². The second-order valence-corrected chi connectivity index (χ2v) is 5.79. The summed E-state index contributed by atoms with van der Waals surface area (Å²) in [7, 11) is 0. The quantitative estimate of drug-likeness (QED) is 0.720. The van der Waals surface area contributed by atoms with Crippen molar-refractivity contribution in [3.8, 4) is 0 Å². The van der Waals surface area contributed by atoms with Gasteiger partial charge in [0.15, 0.2) is 0 Å². The van der Waals surface area contributed by atoms with Gasteiger partial charge in [-0.25, -0.2) is 0 Å². The van der Waals surface area contributed by atoms with Crippen LogP contribution in [0.4, 0.5) is 0 Å². The normalized spacial score (nSPS) is 24.2. The molecule has 2 aliphatic rings. The molecule has 2 aliphatic carbocycles. The Bertz CT molecular complexity index is 195. The Morgan fingerprint density at radius 1 is 1.19 bits per heavy atom. The van der Waals surface area contributed by atoms with E-state index in [0.717, 1.165) is 18.5 Å². The second-order valence-electron chi connectivity index (χ2n) is 5.79. The van der Waals surface area contributed by atoms with Gasteiger partial charge in [-0.2, -0.15) is 0 Å². The van der Waals surface area contributed by atoms with Crippen LogP contribution in [0.2, 0.25) is 0 Å². The molecule has 0 heterocycles. The molecular formula is C14H28N2. The van der Waals surface area contributed by atoms with E-state index in [1.54, 1.807) is 0 Å². The lowest BCUT2D eigenvalue weighted by Crippen LogP contribution is -2.43. The zero-order chi connectivity index (χ0) is 11.4. The lowest BCUT2D eigenvalue weighted by atomic mass is 9.98. The van der Waals surface area contributed by atoms with Crippen LogP contribution >= 0.6 is 0 Å². The molecule has 0 bridgehead atoms. The highest BCUT2D eigenvalue weighted by molar-refractivity contribution is 4.88. The largest absolute Gasteiger partial charge is 0.326 e. The minimum absolute atomic E-state index is 0.444. The van der Waals surface area contributed by atoms with Crippen LogP contribution in [0.25, 0.3) is 0 Å². The van der Waals surface area contributed by atoms with Crippen molar-refractivity contribution in [2.24, 2.45) is 11.7 Å². The summed E-state index contributed by atoms with van der Waals surface area (Å²) in [4.78, 5) is 2.67. The van der Waals surface area contributed by atoms with E-state index >= 15 is 0 Å². The zero-order valence-electron chi connectivity index (χ0n) is 10.8. The van der Waals surface area contributed by atoms with Crippen molar-refractivity contribution in [3.05, 3.63) is 0 Å². The van der Waals surface area contributed by atoms with Gasteiger partial charge >= 0.3 is 0 Å². The van der Waals surface area contributed by atoms with E-state index in [0.29, 0.717) is 6.04 Å². The van der Waals surface area contributed by atoms with Gasteiger partial charge in [0.05, 0.1) is 0 Å². The van der Waals surface area contributed by atoms with E-state index in [9.17, 15) is 0 Å². The second kappa shape index (κ2) is 6.02. The van der Waals surface area contributed by atoms with Crippen LogP contribution in [-0.2, 0) is 0 Å². The van der Waals surface area contributed by atoms with Gasteiger partial charge in [0.2, 0.25) is 0 Å². The van der Waals surface area contributed by atoms with Crippen molar-refractivity contribution in [1.29, 1.82) is 0 Å². The third kappa shape index (κ3) is 3.46. The molecule has 0 amide bonds.